The number of pyridine rings is 1. The first-order valence-corrected chi connectivity index (χ1v) is 11.7. The molecule has 2 aromatic heterocycles. The monoisotopic (exact) mass is 449 g/mol. The molecule has 0 spiro atoms. The van der Waals surface area contributed by atoms with Crippen LogP contribution in [0.3, 0.4) is 0 Å². The summed E-state index contributed by atoms with van der Waals surface area (Å²) in [5.41, 5.74) is 2.37. The highest BCUT2D eigenvalue weighted by Crippen LogP contribution is 2.31. The highest BCUT2D eigenvalue weighted by Gasteiger charge is 2.34. The first-order valence-electron chi connectivity index (χ1n) is 10.8. The average Bonchev–Trinajstić information content (AvgIpc) is 3.51. The second-order valence-electron chi connectivity index (χ2n) is 7.87. The lowest BCUT2D eigenvalue weighted by molar-refractivity contribution is -0.126. The zero-order chi connectivity index (χ0) is 22.3. The molecule has 166 valence electrons. The van der Waals surface area contributed by atoms with Crippen LogP contribution in [0.5, 0.6) is 0 Å². The minimum Gasteiger partial charge on any atom is -0.376 e. The van der Waals surface area contributed by atoms with Crippen LogP contribution in [-0.2, 0) is 20.7 Å². The van der Waals surface area contributed by atoms with E-state index in [9.17, 15) is 9.59 Å². The van der Waals surface area contributed by atoms with Crippen LogP contribution in [0.15, 0.2) is 66.3 Å². The summed E-state index contributed by atoms with van der Waals surface area (Å²) in [6, 6.07) is 14.3. The Balaban J connectivity index is 1.70. The molecule has 1 aliphatic rings. The van der Waals surface area contributed by atoms with Crippen LogP contribution < -0.4 is 10.2 Å². The summed E-state index contributed by atoms with van der Waals surface area (Å²) in [6.07, 6.45) is 5.48. The van der Waals surface area contributed by atoms with Crippen molar-refractivity contribution < 1.29 is 14.3 Å². The van der Waals surface area contributed by atoms with Crippen molar-refractivity contribution in [3.05, 3.63) is 82.3 Å². The summed E-state index contributed by atoms with van der Waals surface area (Å²) in [5, 5.41) is 4.98. The Labute approximate surface area is 192 Å². The summed E-state index contributed by atoms with van der Waals surface area (Å²) in [6.45, 7) is 3.11. The predicted octanol–water partition coefficient (Wildman–Crippen LogP) is 4.06. The van der Waals surface area contributed by atoms with Gasteiger partial charge < -0.3 is 10.1 Å². The van der Waals surface area contributed by atoms with Gasteiger partial charge >= 0.3 is 0 Å². The van der Waals surface area contributed by atoms with Crippen molar-refractivity contribution in [3.8, 4) is 0 Å². The Morgan fingerprint density at radius 3 is 2.69 bits per heavy atom. The van der Waals surface area contributed by atoms with Gasteiger partial charge in [0, 0.05) is 36.1 Å². The molecule has 0 bridgehead atoms. The van der Waals surface area contributed by atoms with Crippen molar-refractivity contribution in [2.75, 3.05) is 18.1 Å². The van der Waals surface area contributed by atoms with Gasteiger partial charge in [-0.05, 0) is 60.5 Å². The Hall–Kier alpha value is -3.03. The molecule has 1 aromatic carbocycles. The maximum Gasteiger partial charge on any atom is 0.247 e. The van der Waals surface area contributed by atoms with Crippen molar-refractivity contribution in [1.82, 2.24) is 10.3 Å². The number of amides is 2. The van der Waals surface area contributed by atoms with Crippen LogP contribution in [0.2, 0.25) is 0 Å². The van der Waals surface area contributed by atoms with E-state index in [2.05, 4.69) is 10.3 Å². The van der Waals surface area contributed by atoms with Crippen LogP contribution in [0.25, 0.3) is 0 Å². The fourth-order valence-electron chi connectivity index (χ4n) is 3.98. The van der Waals surface area contributed by atoms with Gasteiger partial charge in [0.25, 0.3) is 0 Å². The van der Waals surface area contributed by atoms with E-state index in [4.69, 9.17) is 4.74 Å². The number of carbonyl (C=O) groups excluding carboxylic acids is 2. The van der Waals surface area contributed by atoms with Gasteiger partial charge in [0.05, 0.1) is 12.5 Å². The Bertz CT molecular complexity index is 1030. The molecule has 1 N–H and O–H groups in total. The number of carbonyl (C=O) groups is 2. The molecule has 4 rings (SSSR count). The number of hydrogen-bond donors (Lipinski definition) is 1. The molecule has 32 heavy (non-hydrogen) atoms. The molecule has 1 aliphatic heterocycles. The molecule has 1 fully saturated rings. The van der Waals surface area contributed by atoms with Crippen molar-refractivity contribution in [2.45, 2.75) is 38.3 Å². The standard InChI is InChI=1S/C25H27N3O3S/c1-18-6-2-3-9-22(18)28(23(29)16-21-8-5-15-32-21)24(19-10-12-26-13-11-19)25(30)27-17-20-7-4-14-31-20/h2-3,5-6,8-13,15,20,24H,4,7,14,16-17H2,1H3,(H,27,30). The quantitative estimate of drug-likeness (QED) is 0.563. The average molecular weight is 450 g/mol. The number of nitrogens with one attached hydrogen (secondary N) is 1. The fraction of sp³-hybridized carbons (Fsp3) is 0.320. The van der Waals surface area contributed by atoms with Gasteiger partial charge in [0.1, 0.15) is 6.04 Å². The van der Waals surface area contributed by atoms with Gasteiger partial charge in [-0.25, -0.2) is 0 Å². The number of para-hydroxylation sites is 1. The number of hydrogen-bond acceptors (Lipinski definition) is 5. The molecular weight excluding hydrogens is 422 g/mol. The van der Waals surface area contributed by atoms with Gasteiger partial charge in [0.15, 0.2) is 0 Å². The molecule has 0 radical (unpaired) electrons. The van der Waals surface area contributed by atoms with Crippen molar-refractivity contribution >= 4 is 28.8 Å². The zero-order valence-corrected chi connectivity index (χ0v) is 18.9. The van der Waals surface area contributed by atoms with E-state index in [1.165, 1.54) is 11.3 Å². The third kappa shape index (κ3) is 5.23. The number of anilines is 1. The second-order valence-corrected chi connectivity index (χ2v) is 8.90. The Kier molecular flexibility index (Phi) is 7.29. The Morgan fingerprint density at radius 1 is 1.19 bits per heavy atom. The fourth-order valence-corrected chi connectivity index (χ4v) is 4.67. The van der Waals surface area contributed by atoms with E-state index in [0.717, 1.165) is 35.6 Å². The predicted molar refractivity (Wildman–Crippen MR) is 126 cm³/mol. The second kappa shape index (κ2) is 10.5. The van der Waals surface area contributed by atoms with Crippen molar-refractivity contribution in [2.24, 2.45) is 0 Å². The molecule has 3 aromatic rings. The molecule has 2 amide bonds. The largest absolute Gasteiger partial charge is 0.376 e. The van der Waals surface area contributed by atoms with E-state index < -0.39 is 6.04 Å². The molecule has 2 unspecified atom stereocenters. The van der Waals surface area contributed by atoms with Crippen molar-refractivity contribution in [3.63, 3.8) is 0 Å². The lowest BCUT2D eigenvalue weighted by atomic mass is 10.0. The summed E-state index contributed by atoms with van der Waals surface area (Å²) in [4.78, 5) is 33.9. The molecule has 3 heterocycles. The molecule has 6 nitrogen and oxygen atoms in total. The maximum absolute atomic E-state index is 13.7. The van der Waals surface area contributed by atoms with E-state index in [0.29, 0.717) is 12.1 Å². The number of thiophene rings is 1. The van der Waals surface area contributed by atoms with Gasteiger partial charge in [-0.1, -0.05) is 24.3 Å². The van der Waals surface area contributed by atoms with E-state index >= 15 is 0 Å². The molecule has 0 aliphatic carbocycles. The first kappa shape index (κ1) is 22.2. The van der Waals surface area contributed by atoms with E-state index in [-0.39, 0.29) is 24.3 Å². The van der Waals surface area contributed by atoms with Gasteiger partial charge in [-0.3, -0.25) is 19.5 Å². The summed E-state index contributed by atoms with van der Waals surface area (Å²) in [7, 11) is 0. The summed E-state index contributed by atoms with van der Waals surface area (Å²) in [5.74, 6) is -0.356. The maximum atomic E-state index is 13.7. The van der Waals surface area contributed by atoms with E-state index in [1.54, 1.807) is 29.4 Å². The topological polar surface area (TPSA) is 71.5 Å². The highest BCUT2D eigenvalue weighted by molar-refractivity contribution is 7.10. The van der Waals surface area contributed by atoms with Crippen LogP contribution in [-0.4, -0.2) is 36.1 Å². The van der Waals surface area contributed by atoms with Crippen LogP contribution >= 0.6 is 11.3 Å². The van der Waals surface area contributed by atoms with Crippen molar-refractivity contribution in [1.29, 1.82) is 0 Å². The Morgan fingerprint density at radius 2 is 2.00 bits per heavy atom. The molecule has 0 saturated carbocycles. The van der Waals surface area contributed by atoms with Crippen LogP contribution in [0.4, 0.5) is 5.69 Å². The SMILES string of the molecule is Cc1ccccc1N(C(=O)Cc1cccs1)C(C(=O)NCC1CCCO1)c1ccncc1. The zero-order valence-electron chi connectivity index (χ0n) is 18.1. The number of aryl methyl sites for hydroxylation is 1. The number of ether oxygens (including phenoxy) is 1. The normalized spacial score (nSPS) is 16.5. The van der Waals surface area contributed by atoms with Crippen LogP contribution in [0.1, 0.15) is 34.9 Å². The van der Waals surface area contributed by atoms with Gasteiger partial charge in [-0.2, -0.15) is 0 Å². The van der Waals surface area contributed by atoms with Gasteiger partial charge in [-0.15, -0.1) is 11.3 Å². The van der Waals surface area contributed by atoms with Gasteiger partial charge in [0.2, 0.25) is 11.8 Å². The summed E-state index contributed by atoms with van der Waals surface area (Å²) < 4.78 is 5.67. The lowest BCUT2D eigenvalue weighted by Gasteiger charge is -2.32. The smallest absolute Gasteiger partial charge is 0.247 e. The van der Waals surface area contributed by atoms with E-state index in [1.807, 2.05) is 48.7 Å². The minimum absolute atomic E-state index is 0.0192. The highest BCUT2D eigenvalue weighted by atomic mass is 32.1. The number of benzene rings is 1. The number of aromatic nitrogens is 1. The molecular formula is C25H27N3O3S. The number of rotatable bonds is 8. The molecule has 1 saturated heterocycles. The minimum atomic E-state index is -0.812. The first-order chi connectivity index (χ1) is 15.6. The molecule has 7 heteroatoms. The lowest BCUT2D eigenvalue weighted by Crippen LogP contribution is -2.46. The number of nitrogens with zero attached hydrogens (tertiary/aromatic N) is 2. The molecule has 2 atom stereocenters. The third-order valence-corrected chi connectivity index (χ3v) is 6.48. The third-order valence-electron chi connectivity index (χ3n) is 5.61. The van der Waals surface area contributed by atoms with Crippen LogP contribution in [0, 0.1) is 6.92 Å². The summed E-state index contributed by atoms with van der Waals surface area (Å²) >= 11 is 1.54.